The zero-order chi connectivity index (χ0) is 12.0. The molecule has 7 heteroatoms. The average molecular weight is 240 g/mol. The zero-order valence-electron chi connectivity index (χ0n) is 8.47. The number of thiocarbonyl (C=S) groups is 1. The molecule has 5 N–H and O–H groups in total. The molecule has 0 aromatic carbocycles. The van der Waals surface area contributed by atoms with Crippen LogP contribution in [-0.4, -0.2) is 29.2 Å². The summed E-state index contributed by atoms with van der Waals surface area (Å²) in [6.45, 7) is 0.575. The van der Waals surface area contributed by atoms with Crippen molar-refractivity contribution in [2.24, 2.45) is 11.5 Å². The molecule has 0 saturated heterocycles. The lowest BCUT2D eigenvalue weighted by Crippen LogP contribution is -2.20. The molecule has 0 saturated carbocycles. The lowest BCUT2D eigenvalue weighted by atomic mass is 10.3. The smallest absolute Gasteiger partial charge is 0.404 e. The predicted octanol–water partition coefficient (Wildman–Crippen LogP) is 0.223. The van der Waals surface area contributed by atoms with E-state index in [1.165, 1.54) is 0 Å². The van der Waals surface area contributed by atoms with Crippen LogP contribution >= 0.6 is 12.2 Å². The number of nitrogens with one attached hydrogen (secondary N) is 1. The van der Waals surface area contributed by atoms with Crippen molar-refractivity contribution in [3.05, 3.63) is 24.0 Å². The third kappa shape index (κ3) is 3.70. The van der Waals surface area contributed by atoms with Crippen molar-refractivity contribution in [3.63, 3.8) is 0 Å². The minimum Gasteiger partial charge on any atom is -0.448 e. The van der Waals surface area contributed by atoms with E-state index in [0.717, 1.165) is 0 Å². The highest BCUT2D eigenvalue weighted by Gasteiger charge is 2.04. The SMILES string of the molecule is NC(=O)OCCNc1cccnc1C(N)=S. The highest BCUT2D eigenvalue weighted by atomic mass is 32.1. The van der Waals surface area contributed by atoms with Gasteiger partial charge < -0.3 is 21.5 Å². The van der Waals surface area contributed by atoms with Gasteiger partial charge in [0.15, 0.2) is 0 Å². The van der Waals surface area contributed by atoms with Crippen LogP contribution in [0.15, 0.2) is 18.3 Å². The molecule has 1 aromatic rings. The van der Waals surface area contributed by atoms with Crippen LogP contribution in [0.2, 0.25) is 0 Å². The monoisotopic (exact) mass is 240 g/mol. The van der Waals surface area contributed by atoms with Gasteiger partial charge in [-0.2, -0.15) is 0 Å². The Kier molecular flexibility index (Phi) is 4.46. The van der Waals surface area contributed by atoms with E-state index in [2.05, 4.69) is 15.0 Å². The maximum absolute atomic E-state index is 10.3. The summed E-state index contributed by atoms with van der Waals surface area (Å²) in [7, 11) is 0. The third-order valence-electron chi connectivity index (χ3n) is 1.70. The largest absolute Gasteiger partial charge is 0.448 e. The normalized spacial score (nSPS) is 9.50. The quantitative estimate of drug-likeness (QED) is 0.502. The van der Waals surface area contributed by atoms with E-state index < -0.39 is 6.09 Å². The summed E-state index contributed by atoms with van der Waals surface area (Å²) >= 11 is 4.84. The summed E-state index contributed by atoms with van der Waals surface area (Å²) in [6.07, 6.45) is 0.794. The molecule has 0 aliphatic heterocycles. The lowest BCUT2D eigenvalue weighted by Gasteiger charge is -2.09. The third-order valence-corrected chi connectivity index (χ3v) is 1.90. The maximum atomic E-state index is 10.3. The molecule has 1 amide bonds. The van der Waals surface area contributed by atoms with Crippen molar-refractivity contribution in [3.8, 4) is 0 Å². The number of amides is 1. The van der Waals surface area contributed by atoms with Gasteiger partial charge >= 0.3 is 6.09 Å². The van der Waals surface area contributed by atoms with Crippen molar-refractivity contribution >= 4 is 29.0 Å². The number of hydrogen-bond acceptors (Lipinski definition) is 5. The Hall–Kier alpha value is -1.89. The number of carbonyl (C=O) groups is 1. The summed E-state index contributed by atoms with van der Waals surface area (Å²) in [6, 6.07) is 3.53. The van der Waals surface area contributed by atoms with Gasteiger partial charge in [0.1, 0.15) is 17.3 Å². The molecule has 16 heavy (non-hydrogen) atoms. The van der Waals surface area contributed by atoms with Crippen LogP contribution in [0.3, 0.4) is 0 Å². The minimum absolute atomic E-state index is 0.168. The first-order chi connectivity index (χ1) is 7.61. The van der Waals surface area contributed by atoms with Crippen LogP contribution in [0, 0.1) is 0 Å². The Balaban J connectivity index is 2.53. The fourth-order valence-electron chi connectivity index (χ4n) is 1.08. The van der Waals surface area contributed by atoms with Crippen LogP contribution in [0.25, 0.3) is 0 Å². The topological polar surface area (TPSA) is 103 Å². The Bertz CT molecular complexity index is 397. The molecule has 1 rings (SSSR count). The zero-order valence-corrected chi connectivity index (χ0v) is 9.29. The van der Waals surface area contributed by atoms with Crippen LogP contribution in [0.1, 0.15) is 5.69 Å². The summed E-state index contributed by atoms with van der Waals surface area (Å²) in [5.41, 5.74) is 11.5. The number of ether oxygens (including phenoxy) is 1. The predicted molar refractivity (Wildman–Crippen MR) is 64.1 cm³/mol. The molecule has 6 nitrogen and oxygen atoms in total. The van der Waals surface area contributed by atoms with E-state index in [0.29, 0.717) is 17.9 Å². The Labute approximate surface area is 98.0 Å². The Morgan fingerprint density at radius 3 is 2.94 bits per heavy atom. The van der Waals surface area contributed by atoms with Gasteiger partial charge in [0, 0.05) is 12.7 Å². The van der Waals surface area contributed by atoms with E-state index in [1.807, 2.05) is 0 Å². The van der Waals surface area contributed by atoms with E-state index in [9.17, 15) is 4.79 Å². The molecule has 0 spiro atoms. The number of rotatable bonds is 5. The first-order valence-electron chi connectivity index (χ1n) is 4.52. The summed E-state index contributed by atoms with van der Waals surface area (Å²) in [4.78, 5) is 14.5. The molecule has 0 bridgehead atoms. The summed E-state index contributed by atoms with van der Waals surface area (Å²) in [5.74, 6) is 0. The van der Waals surface area contributed by atoms with Gasteiger partial charge in [-0.25, -0.2) is 4.79 Å². The molecule has 0 aliphatic carbocycles. The van der Waals surface area contributed by atoms with Crippen LogP contribution in [-0.2, 0) is 4.74 Å². The number of carbonyl (C=O) groups excluding carboxylic acids is 1. The average Bonchev–Trinajstić information content (AvgIpc) is 2.24. The van der Waals surface area contributed by atoms with Gasteiger partial charge in [0.2, 0.25) is 0 Å². The molecule has 0 atom stereocenters. The van der Waals surface area contributed by atoms with Crippen molar-refractivity contribution in [1.82, 2.24) is 4.98 Å². The van der Waals surface area contributed by atoms with Crippen LogP contribution in [0.5, 0.6) is 0 Å². The first-order valence-corrected chi connectivity index (χ1v) is 4.93. The Morgan fingerprint density at radius 2 is 2.31 bits per heavy atom. The number of hydrogen-bond donors (Lipinski definition) is 3. The van der Waals surface area contributed by atoms with Gasteiger partial charge in [0.05, 0.1) is 5.69 Å². The second-order valence-electron chi connectivity index (χ2n) is 2.86. The van der Waals surface area contributed by atoms with Gasteiger partial charge in [-0.1, -0.05) is 12.2 Å². The molecule has 0 radical (unpaired) electrons. The number of anilines is 1. The molecule has 1 heterocycles. The van der Waals surface area contributed by atoms with Crippen LogP contribution in [0.4, 0.5) is 10.5 Å². The van der Waals surface area contributed by atoms with Crippen molar-refractivity contribution in [2.75, 3.05) is 18.5 Å². The van der Waals surface area contributed by atoms with Gasteiger partial charge in [-0.15, -0.1) is 0 Å². The van der Waals surface area contributed by atoms with E-state index in [-0.39, 0.29) is 11.6 Å². The molecule has 86 valence electrons. The second-order valence-corrected chi connectivity index (χ2v) is 3.30. The van der Waals surface area contributed by atoms with Crippen LogP contribution < -0.4 is 16.8 Å². The highest BCUT2D eigenvalue weighted by molar-refractivity contribution is 7.80. The lowest BCUT2D eigenvalue weighted by molar-refractivity contribution is 0.161. The first kappa shape index (κ1) is 12.2. The fraction of sp³-hybridized carbons (Fsp3) is 0.222. The Morgan fingerprint density at radius 1 is 1.56 bits per heavy atom. The number of pyridine rings is 1. The van der Waals surface area contributed by atoms with Crippen molar-refractivity contribution < 1.29 is 9.53 Å². The molecule has 0 aliphatic rings. The number of nitrogens with two attached hydrogens (primary N) is 2. The van der Waals surface area contributed by atoms with Gasteiger partial charge in [-0.05, 0) is 12.1 Å². The van der Waals surface area contributed by atoms with Gasteiger partial charge in [-0.3, -0.25) is 4.98 Å². The number of primary amides is 1. The molecular weight excluding hydrogens is 228 g/mol. The van der Waals surface area contributed by atoms with E-state index >= 15 is 0 Å². The van der Waals surface area contributed by atoms with Crippen molar-refractivity contribution in [1.29, 1.82) is 0 Å². The van der Waals surface area contributed by atoms with E-state index in [1.54, 1.807) is 18.3 Å². The van der Waals surface area contributed by atoms with Crippen molar-refractivity contribution in [2.45, 2.75) is 0 Å². The highest BCUT2D eigenvalue weighted by Crippen LogP contribution is 2.11. The number of nitrogens with zero attached hydrogens (tertiary/aromatic N) is 1. The summed E-state index contributed by atoms with van der Waals surface area (Å²) < 4.78 is 4.56. The fourth-order valence-corrected chi connectivity index (χ4v) is 1.24. The molecule has 1 aromatic heterocycles. The molecular formula is C9H12N4O2S. The number of aromatic nitrogens is 1. The standard InChI is InChI=1S/C9H12N4O2S/c10-8(16)7-6(2-1-3-13-7)12-4-5-15-9(11)14/h1-3,12H,4-5H2,(H2,10,16)(H2,11,14). The molecule has 0 fully saturated rings. The second kappa shape index (κ2) is 5.86. The summed E-state index contributed by atoms with van der Waals surface area (Å²) in [5, 5.41) is 2.99. The maximum Gasteiger partial charge on any atom is 0.404 e. The van der Waals surface area contributed by atoms with Gasteiger partial charge in [0.25, 0.3) is 0 Å². The minimum atomic E-state index is -0.803. The van der Waals surface area contributed by atoms with E-state index in [4.69, 9.17) is 23.7 Å². The molecule has 0 unspecified atom stereocenters.